The third kappa shape index (κ3) is 3.36. The van der Waals surface area contributed by atoms with Gasteiger partial charge >= 0.3 is 0 Å². The minimum atomic E-state index is -3.50. The summed E-state index contributed by atoms with van der Waals surface area (Å²) >= 11 is 0. The van der Waals surface area contributed by atoms with Crippen LogP contribution in [0.4, 0.5) is 0 Å². The van der Waals surface area contributed by atoms with E-state index in [1.165, 1.54) is 0 Å². The van der Waals surface area contributed by atoms with Gasteiger partial charge in [-0.05, 0) is 18.6 Å². The largest absolute Gasteiger partial charge is 0.353 e. The van der Waals surface area contributed by atoms with Gasteiger partial charge in [0.15, 0.2) is 5.25 Å². The van der Waals surface area contributed by atoms with Crippen LogP contribution in [0.3, 0.4) is 0 Å². The van der Waals surface area contributed by atoms with E-state index in [4.69, 9.17) is 5.26 Å². The van der Waals surface area contributed by atoms with Gasteiger partial charge in [-0.3, -0.25) is 0 Å². The van der Waals surface area contributed by atoms with E-state index in [2.05, 4.69) is 4.72 Å². The summed E-state index contributed by atoms with van der Waals surface area (Å²) in [5, 5.41) is 7.71. The first-order valence-corrected chi connectivity index (χ1v) is 6.63. The molecule has 1 atom stereocenters. The fraction of sp³-hybridized carbons (Fsp3) is 0.500. The highest BCUT2D eigenvalue weighted by molar-refractivity contribution is 7.90. The quantitative estimate of drug-likeness (QED) is 0.797. The summed E-state index contributed by atoms with van der Waals surface area (Å²) in [6.45, 7) is 2.54. The van der Waals surface area contributed by atoms with Gasteiger partial charge in [0.25, 0.3) is 0 Å². The van der Waals surface area contributed by atoms with Crippen LogP contribution >= 0.6 is 0 Å². The second-order valence-electron chi connectivity index (χ2n) is 3.39. The van der Waals surface area contributed by atoms with E-state index in [1.807, 2.05) is 29.1 Å². The second kappa shape index (κ2) is 5.68. The molecular formula is C10H15N3O2S. The Morgan fingerprint density at radius 3 is 2.56 bits per heavy atom. The Morgan fingerprint density at radius 1 is 1.44 bits per heavy atom. The summed E-state index contributed by atoms with van der Waals surface area (Å²) in [7, 11) is -3.50. The normalized spacial score (nSPS) is 13.2. The van der Waals surface area contributed by atoms with Gasteiger partial charge in [-0.15, -0.1) is 0 Å². The topological polar surface area (TPSA) is 74.9 Å². The molecule has 0 fully saturated rings. The average molecular weight is 241 g/mol. The van der Waals surface area contributed by atoms with Crippen LogP contribution in [-0.2, 0) is 16.6 Å². The molecule has 88 valence electrons. The summed E-state index contributed by atoms with van der Waals surface area (Å²) < 4.78 is 27.5. The van der Waals surface area contributed by atoms with E-state index >= 15 is 0 Å². The third-order valence-electron chi connectivity index (χ3n) is 2.23. The van der Waals surface area contributed by atoms with Crippen LogP contribution in [0.15, 0.2) is 24.5 Å². The predicted molar refractivity (Wildman–Crippen MR) is 61.0 cm³/mol. The summed E-state index contributed by atoms with van der Waals surface area (Å²) in [5.74, 6) is 0. The first-order valence-electron chi connectivity index (χ1n) is 5.09. The van der Waals surface area contributed by atoms with E-state index in [-0.39, 0.29) is 0 Å². The van der Waals surface area contributed by atoms with Crippen LogP contribution in [0.5, 0.6) is 0 Å². The van der Waals surface area contributed by atoms with Gasteiger partial charge in [-0.2, -0.15) is 5.26 Å². The minimum absolute atomic E-state index is 0.301. The highest BCUT2D eigenvalue weighted by atomic mass is 32.2. The van der Waals surface area contributed by atoms with Crippen molar-refractivity contribution in [3.05, 3.63) is 24.5 Å². The molecule has 1 unspecified atom stereocenters. The van der Waals surface area contributed by atoms with Crippen molar-refractivity contribution in [3.8, 4) is 6.07 Å². The molecule has 0 aromatic carbocycles. The standard InChI is InChI=1S/C10H15N3O2S/c1-2-10(9-11)16(14,15)12-5-8-13-6-3-4-7-13/h3-4,6-7,10,12H,2,5,8H2,1H3. The van der Waals surface area contributed by atoms with Crippen LogP contribution in [-0.4, -0.2) is 24.8 Å². The van der Waals surface area contributed by atoms with Crippen LogP contribution < -0.4 is 4.72 Å². The van der Waals surface area contributed by atoms with Crippen molar-refractivity contribution in [1.82, 2.24) is 9.29 Å². The molecule has 1 N–H and O–H groups in total. The Balaban J connectivity index is 2.46. The highest BCUT2D eigenvalue weighted by Gasteiger charge is 2.22. The fourth-order valence-electron chi connectivity index (χ4n) is 1.32. The van der Waals surface area contributed by atoms with E-state index in [0.717, 1.165) is 0 Å². The Kier molecular flexibility index (Phi) is 4.52. The van der Waals surface area contributed by atoms with E-state index in [1.54, 1.807) is 13.0 Å². The summed E-state index contributed by atoms with van der Waals surface area (Å²) in [6, 6.07) is 5.53. The SMILES string of the molecule is CCC(C#N)S(=O)(=O)NCCn1cccc1. The molecule has 0 saturated carbocycles. The summed E-state index contributed by atoms with van der Waals surface area (Å²) in [5.41, 5.74) is 0. The van der Waals surface area contributed by atoms with E-state index in [9.17, 15) is 8.42 Å². The molecule has 1 heterocycles. The number of rotatable bonds is 6. The van der Waals surface area contributed by atoms with Crippen LogP contribution in [0.1, 0.15) is 13.3 Å². The maximum Gasteiger partial charge on any atom is 0.228 e. The number of sulfonamides is 1. The lowest BCUT2D eigenvalue weighted by molar-refractivity contribution is 0.565. The molecule has 0 bridgehead atoms. The molecule has 0 amide bonds. The first-order chi connectivity index (χ1) is 7.60. The molecule has 0 spiro atoms. The molecular weight excluding hydrogens is 226 g/mol. The van der Waals surface area contributed by atoms with E-state index < -0.39 is 15.3 Å². The Hall–Kier alpha value is -1.32. The zero-order chi connectivity index (χ0) is 12.0. The van der Waals surface area contributed by atoms with Crippen LogP contribution in [0.2, 0.25) is 0 Å². The smallest absolute Gasteiger partial charge is 0.228 e. The van der Waals surface area contributed by atoms with Crippen LogP contribution in [0, 0.1) is 11.3 Å². The highest BCUT2D eigenvalue weighted by Crippen LogP contribution is 2.02. The maximum absolute atomic E-state index is 11.6. The van der Waals surface area contributed by atoms with Gasteiger partial charge in [0, 0.05) is 25.5 Å². The number of aromatic nitrogens is 1. The zero-order valence-corrected chi connectivity index (χ0v) is 9.94. The monoisotopic (exact) mass is 241 g/mol. The molecule has 0 aliphatic heterocycles. The van der Waals surface area contributed by atoms with Crippen molar-refractivity contribution in [2.24, 2.45) is 0 Å². The molecule has 1 aromatic heterocycles. The minimum Gasteiger partial charge on any atom is -0.353 e. The van der Waals surface area contributed by atoms with Crippen molar-refractivity contribution < 1.29 is 8.42 Å². The molecule has 16 heavy (non-hydrogen) atoms. The van der Waals surface area contributed by atoms with Crippen molar-refractivity contribution in [3.63, 3.8) is 0 Å². The van der Waals surface area contributed by atoms with Gasteiger partial charge in [-0.1, -0.05) is 6.92 Å². The molecule has 0 aliphatic carbocycles. The lowest BCUT2D eigenvalue weighted by atomic mass is 10.4. The number of hydrogen-bond acceptors (Lipinski definition) is 3. The number of nitrogens with zero attached hydrogens (tertiary/aromatic N) is 2. The Bertz CT molecular complexity index is 445. The molecule has 0 saturated heterocycles. The van der Waals surface area contributed by atoms with Gasteiger partial charge in [0.2, 0.25) is 10.0 Å². The molecule has 0 radical (unpaired) electrons. The van der Waals surface area contributed by atoms with Gasteiger partial charge < -0.3 is 4.57 Å². The average Bonchev–Trinajstić information content (AvgIpc) is 2.71. The molecule has 0 aliphatic rings. The Labute approximate surface area is 95.7 Å². The van der Waals surface area contributed by atoms with Crippen molar-refractivity contribution >= 4 is 10.0 Å². The Morgan fingerprint density at radius 2 is 2.06 bits per heavy atom. The lowest BCUT2D eigenvalue weighted by Crippen LogP contribution is -2.35. The molecule has 6 heteroatoms. The van der Waals surface area contributed by atoms with Gasteiger partial charge in [0.1, 0.15) is 0 Å². The fourth-order valence-corrected chi connectivity index (χ4v) is 2.47. The molecule has 1 aromatic rings. The molecule has 5 nitrogen and oxygen atoms in total. The van der Waals surface area contributed by atoms with Crippen molar-refractivity contribution in [2.45, 2.75) is 25.1 Å². The molecule has 1 rings (SSSR count). The number of hydrogen-bond donors (Lipinski definition) is 1. The number of nitriles is 1. The first kappa shape index (κ1) is 12.7. The maximum atomic E-state index is 11.6. The van der Waals surface area contributed by atoms with E-state index in [0.29, 0.717) is 19.5 Å². The van der Waals surface area contributed by atoms with Gasteiger partial charge in [0.05, 0.1) is 6.07 Å². The number of nitrogens with one attached hydrogen (secondary N) is 1. The zero-order valence-electron chi connectivity index (χ0n) is 9.13. The summed E-state index contributed by atoms with van der Waals surface area (Å²) in [4.78, 5) is 0. The van der Waals surface area contributed by atoms with Crippen molar-refractivity contribution in [1.29, 1.82) is 5.26 Å². The lowest BCUT2D eigenvalue weighted by Gasteiger charge is -2.10. The predicted octanol–water partition coefficient (Wildman–Crippen LogP) is 0.710. The third-order valence-corrected chi connectivity index (χ3v) is 4.02. The summed E-state index contributed by atoms with van der Waals surface area (Å²) in [6.07, 6.45) is 4.02. The van der Waals surface area contributed by atoms with Gasteiger partial charge in [-0.25, -0.2) is 13.1 Å². The van der Waals surface area contributed by atoms with Crippen LogP contribution in [0.25, 0.3) is 0 Å². The van der Waals surface area contributed by atoms with Crippen molar-refractivity contribution in [2.75, 3.05) is 6.54 Å². The second-order valence-corrected chi connectivity index (χ2v) is 5.33.